The first-order chi connectivity index (χ1) is 7.74. The van der Waals surface area contributed by atoms with Crippen molar-refractivity contribution >= 4 is 30.1 Å². The van der Waals surface area contributed by atoms with Crippen LogP contribution in [0.25, 0.3) is 0 Å². The fraction of sp³-hybridized carbons (Fsp3) is 0.417. The van der Waals surface area contributed by atoms with Gasteiger partial charge >= 0.3 is 5.97 Å². The smallest absolute Gasteiger partial charge is 0.320 e. The Morgan fingerprint density at radius 3 is 2.59 bits per heavy atom. The highest BCUT2D eigenvalue weighted by Crippen LogP contribution is 2.03. The summed E-state index contributed by atoms with van der Waals surface area (Å²) in [5.41, 5.74) is 1.11. The van der Waals surface area contributed by atoms with E-state index in [0.29, 0.717) is 13.0 Å². The summed E-state index contributed by atoms with van der Waals surface area (Å²) in [6.45, 7) is 0.603. The van der Waals surface area contributed by atoms with Crippen LogP contribution < -0.4 is 5.32 Å². The van der Waals surface area contributed by atoms with Crippen LogP contribution in [0.1, 0.15) is 12.0 Å². The van der Waals surface area contributed by atoms with E-state index >= 15 is 0 Å². The monoisotopic (exact) mass is 275 g/mol. The van der Waals surface area contributed by atoms with Crippen molar-refractivity contribution < 1.29 is 9.90 Å². The van der Waals surface area contributed by atoms with Crippen LogP contribution in [0.15, 0.2) is 30.3 Å². The molecule has 1 aromatic rings. The molecule has 0 radical (unpaired) electrons. The predicted octanol–water partition coefficient (Wildman–Crippen LogP) is 2.40. The first-order valence-electron chi connectivity index (χ1n) is 5.23. The van der Waals surface area contributed by atoms with Crippen molar-refractivity contribution in [2.24, 2.45) is 0 Å². The Hall–Kier alpha value is -0.710. The summed E-state index contributed by atoms with van der Waals surface area (Å²) >= 11 is 1.67. The Kier molecular flexibility index (Phi) is 8.94. The predicted molar refractivity (Wildman–Crippen MR) is 75.0 cm³/mol. The van der Waals surface area contributed by atoms with Gasteiger partial charge in [-0.25, -0.2) is 0 Å². The summed E-state index contributed by atoms with van der Waals surface area (Å²) in [5.74, 6) is 0.0867. The van der Waals surface area contributed by atoms with Crippen molar-refractivity contribution in [1.82, 2.24) is 5.32 Å². The molecule has 0 aliphatic rings. The maximum atomic E-state index is 11.0. The summed E-state index contributed by atoms with van der Waals surface area (Å²) in [4.78, 5) is 11.0. The normalized spacial score (nSPS) is 11.6. The van der Waals surface area contributed by atoms with E-state index in [-0.39, 0.29) is 12.4 Å². The van der Waals surface area contributed by atoms with Gasteiger partial charge in [0.25, 0.3) is 0 Å². The van der Waals surface area contributed by atoms with E-state index in [9.17, 15) is 4.79 Å². The molecule has 1 atom stereocenters. The third-order valence-corrected chi connectivity index (χ3v) is 2.95. The molecule has 0 saturated carbocycles. The van der Waals surface area contributed by atoms with Crippen LogP contribution in [-0.2, 0) is 11.3 Å². The summed E-state index contributed by atoms with van der Waals surface area (Å²) in [6, 6.07) is 9.38. The van der Waals surface area contributed by atoms with Gasteiger partial charge in [-0.1, -0.05) is 30.3 Å². The van der Waals surface area contributed by atoms with Crippen molar-refractivity contribution in [3.05, 3.63) is 35.9 Å². The number of aliphatic carboxylic acids is 1. The van der Waals surface area contributed by atoms with Crippen LogP contribution in [0, 0.1) is 0 Å². The number of hydrogen-bond donors (Lipinski definition) is 2. The second-order valence-corrected chi connectivity index (χ2v) is 4.52. The molecule has 0 aliphatic heterocycles. The third-order valence-electron chi connectivity index (χ3n) is 2.30. The average molecular weight is 276 g/mol. The molecule has 0 amide bonds. The molecule has 96 valence electrons. The Balaban J connectivity index is 0.00000256. The fourth-order valence-electron chi connectivity index (χ4n) is 1.39. The number of carboxylic acids is 1. The summed E-state index contributed by atoms with van der Waals surface area (Å²) in [6.07, 6.45) is 2.64. The summed E-state index contributed by atoms with van der Waals surface area (Å²) in [5, 5.41) is 12.1. The molecule has 0 aromatic heterocycles. The van der Waals surface area contributed by atoms with Gasteiger partial charge in [0.05, 0.1) is 0 Å². The van der Waals surface area contributed by atoms with E-state index in [2.05, 4.69) is 5.32 Å². The zero-order valence-corrected chi connectivity index (χ0v) is 11.4. The first kappa shape index (κ1) is 16.3. The van der Waals surface area contributed by atoms with Crippen molar-refractivity contribution in [3.8, 4) is 0 Å². The van der Waals surface area contributed by atoms with Crippen molar-refractivity contribution in [2.45, 2.75) is 19.0 Å². The average Bonchev–Trinajstić information content (AvgIpc) is 2.30. The number of nitrogens with one attached hydrogen (secondary N) is 1. The summed E-state index contributed by atoms with van der Waals surface area (Å²) in [7, 11) is 0. The lowest BCUT2D eigenvalue weighted by Gasteiger charge is -2.13. The van der Waals surface area contributed by atoms with Crippen molar-refractivity contribution in [1.29, 1.82) is 0 Å². The van der Waals surface area contributed by atoms with Gasteiger partial charge in [-0.05, 0) is 24.0 Å². The highest BCUT2D eigenvalue weighted by atomic mass is 35.5. The number of hydrogen-bond acceptors (Lipinski definition) is 3. The SMILES string of the molecule is CSCCC(NCc1ccccc1)C(=O)O.Cl. The minimum Gasteiger partial charge on any atom is -0.480 e. The molecule has 0 aliphatic carbocycles. The first-order valence-corrected chi connectivity index (χ1v) is 6.62. The molecule has 0 fully saturated rings. The Morgan fingerprint density at radius 2 is 2.06 bits per heavy atom. The lowest BCUT2D eigenvalue weighted by molar-refractivity contribution is -0.139. The van der Waals surface area contributed by atoms with E-state index in [1.54, 1.807) is 11.8 Å². The van der Waals surface area contributed by atoms with Crippen LogP contribution in [0.2, 0.25) is 0 Å². The lowest BCUT2D eigenvalue weighted by atomic mass is 10.2. The molecular formula is C12H18ClNO2S. The standard InChI is InChI=1S/C12H17NO2S.ClH/c1-16-8-7-11(12(14)15)13-9-10-5-3-2-4-6-10;/h2-6,11,13H,7-9H2,1H3,(H,14,15);1H. The number of rotatable bonds is 7. The van der Waals surface area contributed by atoms with Crippen LogP contribution in [0.3, 0.4) is 0 Å². The van der Waals surface area contributed by atoms with Gasteiger partial charge in [-0.15, -0.1) is 12.4 Å². The second kappa shape index (κ2) is 9.33. The highest BCUT2D eigenvalue weighted by molar-refractivity contribution is 7.98. The van der Waals surface area contributed by atoms with Crippen LogP contribution >= 0.6 is 24.2 Å². The number of carbonyl (C=O) groups is 1. The summed E-state index contributed by atoms with van der Waals surface area (Å²) < 4.78 is 0. The molecule has 0 spiro atoms. The molecule has 0 saturated heterocycles. The largest absolute Gasteiger partial charge is 0.480 e. The quantitative estimate of drug-likeness (QED) is 0.802. The molecule has 1 aromatic carbocycles. The zero-order chi connectivity index (χ0) is 11.8. The topological polar surface area (TPSA) is 49.3 Å². The van der Waals surface area contributed by atoms with Gasteiger partial charge in [0.1, 0.15) is 6.04 Å². The minimum atomic E-state index is -0.773. The molecule has 0 bridgehead atoms. The lowest BCUT2D eigenvalue weighted by Crippen LogP contribution is -2.36. The highest BCUT2D eigenvalue weighted by Gasteiger charge is 2.15. The molecule has 5 heteroatoms. The fourth-order valence-corrected chi connectivity index (χ4v) is 1.86. The van der Waals surface area contributed by atoms with E-state index in [1.165, 1.54) is 0 Å². The molecule has 0 heterocycles. The van der Waals surface area contributed by atoms with E-state index in [0.717, 1.165) is 11.3 Å². The third kappa shape index (κ3) is 6.56. The van der Waals surface area contributed by atoms with E-state index < -0.39 is 12.0 Å². The van der Waals surface area contributed by atoms with E-state index in [1.807, 2.05) is 36.6 Å². The number of halogens is 1. The molecule has 3 nitrogen and oxygen atoms in total. The Bertz CT molecular complexity index is 322. The second-order valence-electron chi connectivity index (χ2n) is 3.54. The zero-order valence-electron chi connectivity index (χ0n) is 9.76. The van der Waals surface area contributed by atoms with Crippen LogP contribution in [0.5, 0.6) is 0 Å². The van der Waals surface area contributed by atoms with Crippen molar-refractivity contribution in [2.75, 3.05) is 12.0 Å². The number of carboxylic acid groups (broad SMARTS) is 1. The minimum absolute atomic E-state index is 0. The maximum Gasteiger partial charge on any atom is 0.320 e. The van der Waals surface area contributed by atoms with Gasteiger partial charge in [-0.2, -0.15) is 11.8 Å². The Morgan fingerprint density at radius 1 is 1.41 bits per heavy atom. The number of benzene rings is 1. The van der Waals surface area contributed by atoms with Crippen LogP contribution in [0.4, 0.5) is 0 Å². The van der Waals surface area contributed by atoms with Crippen molar-refractivity contribution in [3.63, 3.8) is 0 Å². The van der Waals surface area contributed by atoms with Gasteiger partial charge < -0.3 is 10.4 Å². The molecule has 1 rings (SSSR count). The van der Waals surface area contributed by atoms with Gasteiger partial charge in [0.2, 0.25) is 0 Å². The molecular weight excluding hydrogens is 258 g/mol. The van der Waals surface area contributed by atoms with E-state index in [4.69, 9.17) is 5.11 Å². The number of thioether (sulfide) groups is 1. The maximum absolute atomic E-state index is 11.0. The molecule has 1 unspecified atom stereocenters. The Labute approximate surface area is 112 Å². The molecule has 17 heavy (non-hydrogen) atoms. The van der Waals surface area contributed by atoms with Gasteiger partial charge in [0, 0.05) is 6.54 Å². The van der Waals surface area contributed by atoms with Crippen LogP contribution in [-0.4, -0.2) is 29.1 Å². The molecule has 2 N–H and O–H groups in total. The van der Waals surface area contributed by atoms with Gasteiger partial charge in [-0.3, -0.25) is 4.79 Å². The van der Waals surface area contributed by atoms with Gasteiger partial charge in [0.15, 0.2) is 0 Å².